The number of aliphatic hydroxyl groups excluding tert-OH is 1. The van der Waals surface area contributed by atoms with Gasteiger partial charge in [-0.3, -0.25) is 0 Å². The zero-order valence-electron chi connectivity index (χ0n) is 7.48. The summed E-state index contributed by atoms with van der Waals surface area (Å²) >= 11 is 0. The second-order valence-corrected chi connectivity index (χ2v) is 4.00. The Balaban J connectivity index is 4.38. The number of carbonyl (C=O) groups excluding carboxylic acids is 1. The lowest BCUT2D eigenvalue weighted by Crippen LogP contribution is -2.17. The molecule has 0 bridgehead atoms. The highest BCUT2D eigenvalue weighted by molar-refractivity contribution is 7.87. The molecule has 0 saturated heterocycles. The fraction of sp³-hybridized carbons (Fsp3) is 0.571. The number of carbonyl (C=O) groups is 1. The van der Waals surface area contributed by atoms with Crippen LogP contribution >= 0.6 is 0 Å². The first kappa shape index (κ1) is 12.0. The lowest BCUT2D eigenvalue weighted by molar-refractivity contribution is -0.132. The van der Waals surface area contributed by atoms with E-state index >= 15 is 0 Å². The quantitative estimate of drug-likeness (QED) is 0.418. The molecule has 0 aromatic carbocycles. The van der Waals surface area contributed by atoms with Gasteiger partial charge in [0.15, 0.2) is 5.76 Å². The molecule has 0 aliphatic heterocycles. The van der Waals surface area contributed by atoms with Crippen molar-refractivity contribution in [2.45, 2.75) is 20.3 Å². The molecule has 0 saturated carbocycles. The molecule has 0 rings (SSSR count). The Morgan fingerprint density at radius 2 is 2.08 bits per heavy atom. The Hall–Kier alpha value is -1.04. The van der Waals surface area contributed by atoms with E-state index in [2.05, 4.69) is 4.18 Å². The number of hydrogen-bond donors (Lipinski definition) is 1. The molecule has 0 heterocycles. The van der Waals surface area contributed by atoms with Gasteiger partial charge in [0.25, 0.3) is 0 Å². The van der Waals surface area contributed by atoms with Gasteiger partial charge in [0, 0.05) is 0 Å². The maximum absolute atomic E-state index is 10.9. The van der Waals surface area contributed by atoms with E-state index in [0.29, 0.717) is 6.42 Å². The fourth-order valence-corrected chi connectivity index (χ4v) is 1.47. The molecule has 0 aliphatic rings. The number of rotatable bonds is 4. The van der Waals surface area contributed by atoms with Crippen molar-refractivity contribution in [2.24, 2.45) is 0 Å². The summed E-state index contributed by atoms with van der Waals surface area (Å²) in [6.45, 7) is 3.03. The monoisotopic (exact) mass is 208 g/mol. The van der Waals surface area contributed by atoms with Crippen molar-refractivity contribution in [3.63, 3.8) is 0 Å². The van der Waals surface area contributed by atoms with Crippen LogP contribution in [-0.4, -0.2) is 25.2 Å². The first-order chi connectivity index (χ1) is 5.93. The van der Waals surface area contributed by atoms with Gasteiger partial charge in [0.05, 0.1) is 5.75 Å². The van der Waals surface area contributed by atoms with E-state index < -0.39 is 21.8 Å². The van der Waals surface area contributed by atoms with Crippen molar-refractivity contribution in [1.82, 2.24) is 0 Å². The van der Waals surface area contributed by atoms with Crippen LogP contribution in [0, 0.1) is 0 Å². The maximum Gasteiger partial charge on any atom is 0.388 e. The lowest BCUT2D eigenvalue weighted by atomic mass is 10.5. The molecule has 1 N–H and O–H groups in total. The van der Waals surface area contributed by atoms with Crippen LogP contribution in [0.2, 0.25) is 0 Å². The van der Waals surface area contributed by atoms with E-state index in [1.807, 2.05) is 0 Å². The Morgan fingerprint density at radius 1 is 1.54 bits per heavy atom. The number of aliphatic hydroxyl groups is 1. The van der Waals surface area contributed by atoms with Crippen molar-refractivity contribution < 1.29 is 22.5 Å². The molecule has 76 valence electrons. The second-order valence-electron chi connectivity index (χ2n) is 2.31. The van der Waals surface area contributed by atoms with Gasteiger partial charge in [-0.2, -0.15) is 8.42 Å². The van der Waals surface area contributed by atoms with Crippen LogP contribution in [0.4, 0.5) is 0 Å². The highest BCUT2D eigenvalue weighted by Gasteiger charge is 2.18. The van der Waals surface area contributed by atoms with Crippen molar-refractivity contribution in [3.8, 4) is 0 Å². The Kier molecular flexibility index (Phi) is 4.47. The minimum atomic E-state index is -3.84. The smallest absolute Gasteiger partial charge is 0.388 e. The molecule has 0 atom stereocenters. The predicted octanol–water partition coefficient (Wildman–Crippen LogP) is 0.731. The van der Waals surface area contributed by atoms with Crippen molar-refractivity contribution in [3.05, 3.63) is 11.8 Å². The third-order valence-corrected chi connectivity index (χ3v) is 2.45. The van der Waals surface area contributed by atoms with Gasteiger partial charge in [-0.05, 0) is 19.4 Å². The highest BCUT2D eigenvalue weighted by Crippen LogP contribution is 2.01. The van der Waals surface area contributed by atoms with Crippen LogP contribution in [0.25, 0.3) is 0 Å². The highest BCUT2D eigenvalue weighted by atomic mass is 32.2. The van der Waals surface area contributed by atoms with Crippen LogP contribution in [0.5, 0.6) is 0 Å². The Morgan fingerprint density at radius 3 is 2.46 bits per heavy atom. The molecule has 0 aliphatic carbocycles. The largest absolute Gasteiger partial charge is 0.502 e. The van der Waals surface area contributed by atoms with Gasteiger partial charge in [0.1, 0.15) is 0 Å². The third kappa shape index (κ3) is 4.51. The van der Waals surface area contributed by atoms with E-state index in [0.717, 1.165) is 6.08 Å². The summed E-state index contributed by atoms with van der Waals surface area (Å²) in [4.78, 5) is 10.7. The van der Waals surface area contributed by atoms with Gasteiger partial charge in [0.2, 0.25) is 0 Å². The SMILES string of the molecule is CC=C(O)C(=O)OS(=O)(=O)CCC. The average Bonchev–Trinajstić information content (AvgIpc) is 2.01. The molecule has 6 heteroatoms. The van der Waals surface area contributed by atoms with E-state index in [-0.39, 0.29) is 5.75 Å². The van der Waals surface area contributed by atoms with Gasteiger partial charge in [-0.25, -0.2) is 4.79 Å². The molecule has 0 spiro atoms. The number of hydrogen-bond acceptors (Lipinski definition) is 5. The minimum absolute atomic E-state index is 0.240. The van der Waals surface area contributed by atoms with Gasteiger partial charge >= 0.3 is 16.1 Å². The summed E-state index contributed by atoms with van der Waals surface area (Å²) in [7, 11) is -3.84. The molecule has 0 fully saturated rings. The summed E-state index contributed by atoms with van der Waals surface area (Å²) in [5.41, 5.74) is 0. The summed E-state index contributed by atoms with van der Waals surface area (Å²) in [6.07, 6.45) is 1.41. The molecule has 13 heavy (non-hydrogen) atoms. The normalized spacial score (nSPS) is 12.6. The van der Waals surface area contributed by atoms with E-state index in [9.17, 15) is 13.2 Å². The van der Waals surface area contributed by atoms with Crippen molar-refractivity contribution >= 4 is 16.1 Å². The van der Waals surface area contributed by atoms with Crippen LogP contribution < -0.4 is 0 Å². The minimum Gasteiger partial charge on any atom is -0.502 e. The van der Waals surface area contributed by atoms with Crippen LogP contribution in [0.15, 0.2) is 11.8 Å². The Bertz CT molecular complexity index is 301. The van der Waals surface area contributed by atoms with Crippen LogP contribution in [0.1, 0.15) is 20.3 Å². The molecule has 0 radical (unpaired) electrons. The molecule has 5 nitrogen and oxygen atoms in total. The van der Waals surface area contributed by atoms with E-state index in [1.54, 1.807) is 6.92 Å². The molecular weight excluding hydrogens is 196 g/mol. The fourth-order valence-electron chi connectivity index (χ4n) is 0.568. The third-order valence-electron chi connectivity index (χ3n) is 1.14. The van der Waals surface area contributed by atoms with Crippen LogP contribution in [-0.2, 0) is 19.1 Å². The summed E-state index contributed by atoms with van der Waals surface area (Å²) < 4.78 is 25.8. The first-order valence-corrected chi connectivity index (χ1v) is 5.32. The number of allylic oxidation sites excluding steroid dienone is 1. The standard InChI is InChI=1S/C7H12O5S/c1-3-5-13(10,11)12-7(9)6(8)4-2/h4,8H,3,5H2,1-2H3. The van der Waals surface area contributed by atoms with Gasteiger partial charge in [-0.1, -0.05) is 6.92 Å². The molecule has 0 aromatic heterocycles. The van der Waals surface area contributed by atoms with Gasteiger partial charge in [-0.15, -0.1) is 0 Å². The topological polar surface area (TPSA) is 80.7 Å². The molecule has 0 amide bonds. The molecule has 0 unspecified atom stereocenters. The summed E-state index contributed by atoms with van der Waals surface area (Å²) in [5, 5.41) is 8.78. The molecular formula is C7H12O5S. The van der Waals surface area contributed by atoms with Gasteiger partial charge < -0.3 is 9.29 Å². The zero-order chi connectivity index (χ0) is 10.5. The summed E-state index contributed by atoms with van der Waals surface area (Å²) in [6, 6.07) is 0. The second kappa shape index (κ2) is 4.86. The van der Waals surface area contributed by atoms with Crippen molar-refractivity contribution in [1.29, 1.82) is 0 Å². The molecule has 0 aromatic rings. The maximum atomic E-state index is 10.9. The van der Waals surface area contributed by atoms with Crippen molar-refractivity contribution in [2.75, 3.05) is 5.75 Å². The predicted molar refractivity (Wildman–Crippen MR) is 46.6 cm³/mol. The van der Waals surface area contributed by atoms with E-state index in [1.165, 1.54) is 6.92 Å². The Labute approximate surface area is 77.1 Å². The van der Waals surface area contributed by atoms with E-state index in [4.69, 9.17) is 5.11 Å². The zero-order valence-corrected chi connectivity index (χ0v) is 8.30. The van der Waals surface area contributed by atoms with Crippen LogP contribution in [0.3, 0.4) is 0 Å². The average molecular weight is 208 g/mol. The first-order valence-electron chi connectivity index (χ1n) is 3.74. The summed E-state index contributed by atoms with van der Waals surface area (Å²) in [5.74, 6) is -2.19. The lowest BCUT2D eigenvalue weighted by Gasteiger charge is -2.02.